The molecule has 1 amide bonds. The van der Waals surface area contributed by atoms with E-state index in [-0.39, 0.29) is 17.2 Å². The highest BCUT2D eigenvalue weighted by atomic mass is 32.2. The van der Waals surface area contributed by atoms with E-state index in [1.807, 2.05) is 50.2 Å². The lowest BCUT2D eigenvalue weighted by atomic mass is 10.1. The van der Waals surface area contributed by atoms with Gasteiger partial charge >= 0.3 is 0 Å². The van der Waals surface area contributed by atoms with Crippen molar-refractivity contribution in [3.63, 3.8) is 0 Å². The lowest BCUT2D eigenvalue weighted by molar-refractivity contribution is -0.113. The minimum absolute atomic E-state index is 0.0854. The van der Waals surface area contributed by atoms with Gasteiger partial charge in [-0.1, -0.05) is 36.0 Å². The second kappa shape index (κ2) is 9.57. The Morgan fingerprint density at radius 2 is 1.78 bits per heavy atom. The molecule has 0 atom stereocenters. The normalized spacial score (nSPS) is 12.7. The smallest absolute Gasteiger partial charge is 0.268 e. The molecule has 9 heteroatoms. The molecule has 186 valence electrons. The summed E-state index contributed by atoms with van der Waals surface area (Å²) in [6.45, 7) is 4.99. The zero-order valence-corrected chi connectivity index (χ0v) is 21.9. The van der Waals surface area contributed by atoms with Gasteiger partial charge in [0.15, 0.2) is 16.7 Å². The molecule has 0 fully saturated rings. The summed E-state index contributed by atoms with van der Waals surface area (Å²) >= 11 is 2.73. The summed E-state index contributed by atoms with van der Waals surface area (Å²) in [6.07, 6.45) is 0. The molecular weight excluding hydrogens is 506 g/mol. The van der Waals surface area contributed by atoms with Crippen molar-refractivity contribution in [3.8, 4) is 17.2 Å². The Morgan fingerprint density at radius 1 is 1.03 bits per heavy atom. The monoisotopic (exact) mass is 529 g/mol. The number of ether oxygens (including phenoxy) is 2. The lowest BCUT2D eigenvalue weighted by Crippen LogP contribution is -2.22. The summed E-state index contributed by atoms with van der Waals surface area (Å²) in [5.74, 6) is 1.15. The molecule has 0 aliphatic carbocycles. The van der Waals surface area contributed by atoms with Crippen LogP contribution in [0, 0.1) is 13.8 Å². The number of hydrogen-bond donors (Lipinski definition) is 1. The molecule has 5 aromatic rings. The van der Waals surface area contributed by atoms with Crippen LogP contribution in [0.15, 0.2) is 70.6 Å². The Bertz CT molecular complexity index is 1720. The van der Waals surface area contributed by atoms with Gasteiger partial charge < -0.3 is 14.8 Å². The molecule has 7 nitrogen and oxygen atoms in total. The van der Waals surface area contributed by atoms with Gasteiger partial charge in [0.2, 0.25) is 5.91 Å². The number of thioether (sulfide) groups is 1. The molecule has 3 aromatic carbocycles. The first kappa shape index (κ1) is 23.6. The fourth-order valence-corrected chi connectivity index (χ4v) is 6.44. The Morgan fingerprint density at radius 3 is 2.59 bits per heavy atom. The molecule has 0 radical (unpaired) electrons. The third kappa shape index (κ3) is 4.56. The van der Waals surface area contributed by atoms with Gasteiger partial charge in [0.05, 0.1) is 16.8 Å². The number of amides is 1. The summed E-state index contributed by atoms with van der Waals surface area (Å²) in [5, 5.41) is 4.88. The Labute approximate surface area is 221 Å². The number of nitrogens with one attached hydrogen (secondary N) is 1. The van der Waals surface area contributed by atoms with E-state index >= 15 is 0 Å². The molecule has 1 N–H and O–H groups in total. The van der Waals surface area contributed by atoms with E-state index in [2.05, 4.69) is 11.4 Å². The van der Waals surface area contributed by atoms with Gasteiger partial charge in [-0.25, -0.2) is 4.98 Å². The van der Waals surface area contributed by atoms with E-state index in [0.29, 0.717) is 45.8 Å². The van der Waals surface area contributed by atoms with Crippen LogP contribution in [0.4, 0.5) is 5.69 Å². The van der Waals surface area contributed by atoms with Gasteiger partial charge in [0.1, 0.15) is 18.0 Å². The zero-order chi connectivity index (χ0) is 25.5. The molecular formula is C28H23N3O4S2. The number of hydrogen-bond acceptors (Lipinski definition) is 7. The highest BCUT2D eigenvalue weighted by Gasteiger charge is 2.19. The molecule has 6 rings (SSSR count). The van der Waals surface area contributed by atoms with Crippen LogP contribution in [0.2, 0.25) is 0 Å². The average molecular weight is 530 g/mol. The van der Waals surface area contributed by atoms with Gasteiger partial charge in [0, 0.05) is 21.8 Å². The Hall–Kier alpha value is -3.82. The lowest BCUT2D eigenvalue weighted by Gasteiger charge is -2.19. The predicted molar refractivity (Wildman–Crippen MR) is 149 cm³/mol. The third-order valence-corrected chi connectivity index (χ3v) is 8.01. The van der Waals surface area contributed by atoms with Crippen molar-refractivity contribution in [2.45, 2.75) is 19.0 Å². The minimum Gasteiger partial charge on any atom is -0.486 e. The molecule has 2 aromatic heterocycles. The maximum Gasteiger partial charge on any atom is 0.268 e. The van der Waals surface area contributed by atoms with Gasteiger partial charge in [-0.2, -0.15) is 0 Å². The second-order valence-corrected chi connectivity index (χ2v) is 10.8. The Kier molecular flexibility index (Phi) is 6.10. The van der Waals surface area contributed by atoms with Crippen LogP contribution in [0.5, 0.6) is 11.5 Å². The largest absolute Gasteiger partial charge is 0.486 e. The van der Waals surface area contributed by atoms with Crippen molar-refractivity contribution < 1.29 is 14.3 Å². The van der Waals surface area contributed by atoms with Crippen molar-refractivity contribution >= 4 is 55.0 Å². The third-order valence-electron chi connectivity index (χ3n) is 6.01. The van der Waals surface area contributed by atoms with Gasteiger partial charge in [0.25, 0.3) is 5.56 Å². The Balaban J connectivity index is 1.36. The molecule has 1 aliphatic heterocycles. The van der Waals surface area contributed by atoms with Crippen LogP contribution < -0.4 is 20.3 Å². The highest BCUT2D eigenvalue weighted by molar-refractivity contribution is 7.99. The van der Waals surface area contributed by atoms with E-state index in [4.69, 9.17) is 14.5 Å². The van der Waals surface area contributed by atoms with E-state index in [1.165, 1.54) is 23.1 Å². The summed E-state index contributed by atoms with van der Waals surface area (Å²) in [6, 6.07) is 19.2. The number of nitrogens with zero attached hydrogens (tertiary/aromatic N) is 2. The molecule has 0 spiro atoms. The molecule has 37 heavy (non-hydrogen) atoms. The zero-order valence-electron chi connectivity index (χ0n) is 20.2. The number of anilines is 1. The number of rotatable bonds is 5. The van der Waals surface area contributed by atoms with Crippen LogP contribution in [-0.2, 0) is 4.79 Å². The first-order valence-electron chi connectivity index (χ1n) is 11.8. The maximum absolute atomic E-state index is 13.9. The molecule has 0 unspecified atom stereocenters. The van der Waals surface area contributed by atoms with Gasteiger partial charge in [-0.05, 0) is 55.3 Å². The van der Waals surface area contributed by atoms with Gasteiger partial charge in [-0.15, -0.1) is 11.3 Å². The number of aromatic nitrogens is 2. The molecule has 0 saturated carbocycles. The number of carbonyl (C=O) groups excluding carboxylic acids is 1. The number of thiophene rings is 1. The van der Waals surface area contributed by atoms with Gasteiger partial charge in [-0.3, -0.25) is 14.2 Å². The second-order valence-electron chi connectivity index (χ2n) is 8.85. The number of benzene rings is 3. The van der Waals surface area contributed by atoms with E-state index in [9.17, 15) is 9.59 Å². The van der Waals surface area contributed by atoms with Crippen LogP contribution in [-0.4, -0.2) is 34.4 Å². The first-order chi connectivity index (χ1) is 18.0. The van der Waals surface area contributed by atoms with Crippen LogP contribution in [0.25, 0.3) is 26.0 Å². The average Bonchev–Trinajstić information content (AvgIpc) is 3.25. The quantitative estimate of drug-likeness (QED) is 0.232. The fraction of sp³-hybridized carbons (Fsp3) is 0.179. The molecule has 1 aliphatic rings. The summed E-state index contributed by atoms with van der Waals surface area (Å²) in [4.78, 5) is 32.3. The van der Waals surface area contributed by atoms with Crippen LogP contribution in [0.3, 0.4) is 0 Å². The van der Waals surface area contributed by atoms with E-state index in [1.54, 1.807) is 22.8 Å². The maximum atomic E-state index is 13.9. The highest BCUT2D eigenvalue weighted by Crippen LogP contribution is 2.34. The first-order valence-corrected chi connectivity index (χ1v) is 13.6. The summed E-state index contributed by atoms with van der Waals surface area (Å²) < 4.78 is 13.8. The van der Waals surface area contributed by atoms with Crippen LogP contribution >= 0.6 is 23.1 Å². The van der Waals surface area contributed by atoms with Crippen molar-refractivity contribution in [3.05, 3.63) is 82.1 Å². The topological polar surface area (TPSA) is 82.5 Å². The molecule has 0 bridgehead atoms. The van der Waals surface area contributed by atoms with Crippen LogP contribution in [0.1, 0.15) is 11.1 Å². The number of fused-ring (bicyclic) bond motifs is 4. The van der Waals surface area contributed by atoms with E-state index < -0.39 is 0 Å². The van der Waals surface area contributed by atoms with Crippen molar-refractivity contribution in [1.82, 2.24) is 9.55 Å². The summed E-state index contributed by atoms with van der Waals surface area (Å²) in [7, 11) is 0. The number of carbonyl (C=O) groups is 1. The molecule has 0 saturated heterocycles. The van der Waals surface area contributed by atoms with Crippen molar-refractivity contribution in [1.29, 1.82) is 0 Å². The van der Waals surface area contributed by atoms with E-state index in [0.717, 1.165) is 26.9 Å². The molecule has 3 heterocycles. The SMILES string of the molecule is Cc1cc(C)cc(-n2c(SCC(=O)Nc3ccc4c(c3)OCCO4)nc3sc4ccccc4c3c2=O)c1. The predicted octanol–water partition coefficient (Wildman–Crippen LogP) is 5.72. The summed E-state index contributed by atoms with van der Waals surface area (Å²) in [5.41, 5.74) is 3.31. The fourth-order valence-electron chi connectivity index (χ4n) is 4.51. The number of aryl methyl sites for hydroxylation is 2. The van der Waals surface area contributed by atoms with Crippen molar-refractivity contribution in [2.75, 3.05) is 24.3 Å². The standard InChI is InChI=1S/C28H23N3O4S2/c1-16-11-17(2)13-19(12-16)31-27(33)25-20-5-3-4-6-23(20)37-26(25)30-28(31)36-15-24(32)29-18-7-8-21-22(14-18)35-10-9-34-21/h3-8,11-14H,9-10,15H2,1-2H3,(H,29,32). The minimum atomic E-state index is -0.209. The van der Waals surface area contributed by atoms with Crippen molar-refractivity contribution in [2.24, 2.45) is 0 Å².